The zero-order valence-corrected chi connectivity index (χ0v) is 15.2. The van der Waals surface area contributed by atoms with Gasteiger partial charge >= 0.3 is 5.69 Å². The maximum atomic E-state index is 12.3. The molecule has 27 heavy (non-hydrogen) atoms. The quantitative estimate of drug-likeness (QED) is 0.609. The van der Waals surface area contributed by atoms with Gasteiger partial charge in [-0.1, -0.05) is 48.5 Å². The minimum atomic E-state index is -0.414. The van der Waals surface area contributed by atoms with Crippen molar-refractivity contribution in [2.45, 2.75) is 20.4 Å². The first-order valence-electron chi connectivity index (χ1n) is 8.68. The van der Waals surface area contributed by atoms with E-state index in [0.717, 1.165) is 33.3 Å². The van der Waals surface area contributed by atoms with Crippen LogP contribution in [-0.2, 0) is 6.54 Å². The summed E-state index contributed by atoms with van der Waals surface area (Å²) < 4.78 is 1.52. The summed E-state index contributed by atoms with van der Waals surface area (Å²) in [6, 6.07) is 18.1. The Morgan fingerprint density at radius 2 is 1.74 bits per heavy atom. The predicted octanol–water partition coefficient (Wildman–Crippen LogP) is 3.10. The van der Waals surface area contributed by atoms with Crippen LogP contribution in [0.2, 0.25) is 0 Å². The van der Waals surface area contributed by atoms with Gasteiger partial charge in [-0.25, -0.2) is 14.8 Å². The van der Waals surface area contributed by atoms with Crippen LogP contribution in [0.25, 0.3) is 22.2 Å². The van der Waals surface area contributed by atoms with Gasteiger partial charge < -0.3 is 5.73 Å². The molecule has 4 rings (SSSR count). The van der Waals surface area contributed by atoms with E-state index >= 15 is 0 Å². The van der Waals surface area contributed by atoms with Gasteiger partial charge in [-0.15, -0.1) is 0 Å². The average molecular weight is 357 g/mol. The molecule has 0 aliphatic heterocycles. The van der Waals surface area contributed by atoms with Crippen LogP contribution in [-0.4, -0.2) is 19.5 Å². The van der Waals surface area contributed by atoms with Gasteiger partial charge in [0.05, 0.1) is 17.8 Å². The third-order valence-corrected chi connectivity index (χ3v) is 4.61. The number of pyridine rings is 1. The Balaban J connectivity index is 1.95. The van der Waals surface area contributed by atoms with Crippen molar-refractivity contribution in [1.82, 2.24) is 19.5 Å². The Kier molecular flexibility index (Phi) is 4.16. The molecule has 0 bridgehead atoms. The number of benzene rings is 2. The van der Waals surface area contributed by atoms with E-state index in [1.807, 2.05) is 55.5 Å². The van der Waals surface area contributed by atoms with E-state index < -0.39 is 5.69 Å². The Morgan fingerprint density at radius 3 is 2.48 bits per heavy atom. The van der Waals surface area contributed by atoms with E-state index in [1.165, 1.54) is 4.57 Å². The van der Waals surface area contributed by atoms with Crippen LogP contribution in [0.4, 0.5) is 5.95 Å². The van der Waals surface area contributed by atoms with E-state index in [9.17, 15) is 4.79 Å². The van der Waals surface area contributed by atoms with Crippen molar-refractivity contribution in [3.63, 3.8) is 0 Å². The number of nitrogens with two attached hydrogens (primary N) is 1. The molecule has 2 heterocycles. The standard InChI is InChI=1S/C21H19N5O/c1-13-7-6-10-16-11-17(12-26-14(2)23-20(22)25-21(26)27)19(24-18(13)16)15-8-4-3-5-9-15/h3-11H,12H2,1-2H3,(H2,22,25,27). The molecule has 0 saturated heterocycles. The van der Waals surface area contributed by atoms with Crippen molar-refractivity contribution in [1.29, 1.82) is 0 Å². The summed E-state index contributed by atoms with van der Waals surface area (Å²) >= 11 is 0. The van der Waals surface area contributed by atoms with Gasteiger partial charge in [0.1, 0.15) is 5.82 Å². The second-order valence-electron chi connectivity index (χ2n) is 6.51. The molecule has 0 amide bonds. The van der Waals surface area contributed by atoms with E-state index in [0.29, 0.717) is 12.4 Å². The number of hydrogen-bond donors (Lipinski definition) is 1. The lowest BCUT2D eigenvalue weighted by atomic mass is 10.0. The molecule has 0 aliphatic rings. The summed E-state index contributed by atoms with van der Waals surface area (Å²) in [4.78, 5) is 25.2. The number of anilines is 1. The fourth-order valence-electron chi connectivity index (χ4n) is 3.26. The molecule has 0 unspecified atom stereocenters. The molecular formula is C21H19N5O. The summed E-state index contributed by atoms with van der Waals surface area (Å²) in [5, 5.41) is 1.03. The first-order chi connectivity index (χ1) is 13.0. The lowest BCUT2D eigenvalue weighted by Gasteiger charge is -2.14. The van der Waals surface area contributed by atoms with Crippen LogP contribution >= 0.6 is 0 Å². The molecule has 0 spiro atoms. The van der Waals surface area contributed by atoms with Crippen LogP contribution < -0.4 is 11.4 Å². The monoisotopic (exact) mass is 357 g/mol. The van der Waals surface area contributed by atoms with Crippen LogP contribution in [0.15, 0.2) is 59.4 Å². The highest BCUT2D eigenvalue weighted by molar-refractivity contribution is 5.85. The smallest absolute Gasteiger partial charge is 0.352 e. The molecular weight excluding hydrogens is 338 g/mol. The van der Waals surface area contributed by atoms with Gasteiger partial charge in [0.25, 0.3) is 0 Å². The molecule has 6 nitrogen and oxygen atoms in total. The highest BCUT2D eigenvalue weighted by atomic mass is 16.1. The molecule has 6 heteroatoms. The third kappa shape index (κ3) is 3.17. The van der Waals surface area contributed by atoms with E-state index in [1.54, 1.807) is 6.92 Å². The molecule has 0 fully saturated rings. The predicted molar refractivity (Wildman–Crippen MR) is 106 cm³/mol. The molecule has 0 aliphatic carbocycles. The Bertz CT molecular complexity index is 1200. The number of para-hydroxylation sites is 1. The van der Waals surface area contributed by atoms with Crippen molar-refractivity contribution < 1.29 is 0 Å². The zero-order valence-electron chi connectivity index (χ0n) is 15.2. The molecule has 2 aromatic carbocycles. The van der Waals surface area contributed by atoms with E-state index in [2.05, 4.69) is 16.0 Å². The Labute approximate surface area is 156 Å². The van der Waals surface area contributed by atoms with Crippen molar-refractivity contribution in [3.05, 3.63) is 82.0 Å². The minimum Gasteiger partial charge on any atom is -0.368 e. The lowest BCUT2D eigenvalue weighted by Crippen LogP contribution is -2.28. The lowest BCUT2D eigenvalue weighted by molar-refractivity contribution is 0.671. The van der Waals surface area contributed by atoms with Gasteiger partial charge in [0, 0.05) is 10.9 Å². The number of rotatable bonds is 3. The second-order valence-corrected chi connectivity index (χ2v) is 6.51. The van der Waals surface area contributed by atoms with Crippen molar-refractivity contribution in [3.8, 4) is 11.3 Å². The first kappa shape index (κ1) is 16.9. The number of aromatic nitrogens is 4. The van der Waals surface area contributed by atoms with Gasteiger partial charge in [0.2, 0.25) is 5.95 Å². The number of fused-ring (bicyclic) bond motifs is 1. The van der Waals surface area contributed by atoms with Crippen molar-refractivity contribution in [2.24, 2.45) is 0 Å². The fraction of sp³-hybridized carbons (Fsp3) is 0.143. The number of hydrogen-bond acceptors (Lipinski definition) is 5. The average Bonchev–Trinajstić information content (AvgIpc) is 2.65. The van der Waals surface area contributed by atoms with E-state index in [4.69, 9.17) is 10.7 Å². The third-order valence-electron chi connectivity index (χ3n) is 4.61. The van der Waals surface area contributed by atoms with Gasteiger partial charge in [-0.2, -0.15) is 4.98 Å². The molecule has 134 valence electrons. The zero-order chi connectivity index (χ0) is 19.0. The van der Waals surface area contributed by atoms with Crippen LogP contribution in [0.3, 0.4) is 0 Å². The summed E-state index contributed by atoms with van der Waals surface area (Å²) in [6.45, 7) is 4.12. The highest BCUT2D eigenvalue weighted by Gasteiger charge is 2.13. The number of aryl methyl sites for hydroxylation is 2. The second kappa shape index (κ2) is 6.64. The van der Waals surface area contributed by atoms with E-state index in [-0.39, 0.29) is 5.95 Å². The number of nitrogen functional groups attached to an aromatic ring is 1. The molecule has 4 aromatic rings. The van der Waals surface area contributed by atoms with Crippen LogP contribution in [0, 0.1) is 13.8 Å². The summed E-state index contributed by atoms with van der Waals surface area (Å²) in [6.07, 6.45) is 0. The fourth-order valence-corrected chi connectivity index (χ4v) is 3.26. The van der Waals surface area contributed by atoms with Gasteiger partial charge in [-0.3, -0.25) is 4.57 Å². The largest absolute Gasteiger partial charge is 0.368 e. The summed E-state index contributed by atoms with van der Waals surface area (Å²) in [7, 11) is 0. The summed E-state index contributed by atoms with van der Waals surface area (Å²) in [5.74, 6) is 0.514. The molecule has 2 N–H and O–H groups in total. The molecule has 0 radical (unpaired) electrons. The van der Waals surface area contributed by atoms with Gasteiger partial charge in [0.15, 0.2) is 0 Å². The van der Waals surface area contributed by atoms with Crippen molar-refractivity contribution >= 4 is 16.9 Å². The number of nitrogens with zero attached hydrogens (tertiary/aromatic N) is 4. The van der Waals surface area contributed by atoms with Crippen molar-refractivity contribution in [2.75, 3.05) is 5.73 Å². The SMILES string of the molecule is Cc1cccc2cc(Cn3c(C)nc(N)nc3=O)c(-c3ccccc3)nc12. The first-order valence-corrected chi connectivity index (χ1v) is 8.68. The van der Waals surface area contributed by atoms with Gasteiger partial charge in [-0.05, 0) is 31.0 Å². The van der Waals surface area contributed by atoms with Crippen LogP contribution in [0.5, 0.6) is 0 Å². The van der Waals surface area contributed by atoms with Crippen LogP contribution in [0.1, 0.15) is 17.0 Å². The maximum absolute atomic E-state index is 12.3. The normalized spacial score (nSPS) is 11.0. The minimum absolute atomic E-state index is 0.00991. The molecule has 0 atom stereocenters. The summed E-state index contributed by atoms with van der Waals surface area (Å²) in [5.41, 5.74) is 10.0. The molecule has 0 saturated carbocycles. The maximum Gasteiger partial charge on any atom is 0.352 e. The Morgan fingerprint density at radius 1 is 0.963 bits per heavy atom. The Hall–Kier alpha value is -3.54. The topological polar surface area (TPSA) is 86.7 Å². The highest BCUT2D eigenvalue weighted by Crippen LogP contribution is 2.27. The molecule has 2 aromatic heterocycles.